The Bertz CT molecular complexity index is 300. The average Bonchev–Trinajstić information content (AvgIpc) is 2.51. The second-order valence-electron chi connectivity index (χ2n) is 2.50. The first-order valence-corrected chi connectivity index (χ1v) is 6.02. The van der Waals surface area contributed by atoms with Crippen LogP contribution in [0.25, 0.3) is 0 Å². The van der Waals surface area contributed by atoms with Gasteiger partial charge < -0.3 is 4.90 Å². The van der Waals surface area contributed by atoms with Gasteiger partial charge in [0.1, 0.15) is 0 Å². The van der Waals surface area contributed by atoms with Crippen molar-refractivity contribution in [1.29, 1.82) is 0 Å². The second kappa shape index (κ2) is 5.02. The van der Waals surface area contributed by atoms with E-state index in [1.807, 2.05) is 12.1 Å². The summed E-state index contributed by atoms with van der Waals surface area (Å²) in [5, 5.41) is 0.957. The average molecular weight is 280 g/mol. The van der Waals surface area contributed by atoms with E-state index in [0.29, 0.717) is 12.2 Å². The summed E-state index contributed by atoms with van der Waals surface area (Å²) in [5.41, 5.74) is 0. The summed E-state index contributed by atoms with van der Waals surface area (Å²) in [7, 11) is 1.78. The zero-order chi connectivity index (χ0) is 9.84. The van der Waals surface area contributed by atoms with Crippen molar-refractivity contribution in [2.24, 2.45) is 0 Å². The van der Waals surface area contributed by atoms with Gasteiger partial charge in [0.2, 0.25) is 5.91 Å². The molecular weight excluding hydrogens is 270 g/mol. The lowest BCUT2D eigenvalue weighted by molar-refractivity contribution is -0.117. The summed E-state index contributed by atoms with van der Waals surface area (Å²) in [6, 6.07) is 3.86. The first-order valence-electron chi connectivity index (χ1n) is 3.78. The van der Waals surface area contributed by atoms with E-state index in [9.17, 15) is 4.79 Å². The minimum absolute atomic E-state index is 0.101. The first-order chi connectivity index (χ1) is 6.15. The van der Waals surface area contributed by atoms with E-state index in [1.54, 1.807) is 23.3 Å². The Morgan fingerprint density at radius 2 is 2.38 bits per heavy atom. The lowest BCUT2D eigenvalue weighted by Crippen LogP contribution is -2.25. The van der Waals surface area contributed by atoms with E-state index in [0.717, 1.165) is 8.79 Å². The Kier molecular flexibility index (Phi) is 4.28. The van der Waals surface area contributed by atoms with Gasteiger partial charge in [0.25, 0.3) is 0 Å². The van der Waals surface area contributed by atoms with Gasteiger partial charge in [-0.05, 0) is 33.8 Å². The van der Waals surface area contributed by atoms with Crippen molar-refractivity contribution in [3.05, 3.63) is 15.9 Å². The molecule has 0 spiro atoms. The van der Waals surface area contributed by atoms with Gasteiger partial charge in [0, 0.05) is 13.5 Å². The van der Waals surface area contributed by atoms with Crippen LogP contribution in [-0.2, 0) is 4.79 Å². The van der Waals surface area contributed by atoms with Crippen molar-refractivity contribution >= 4 is 50.8 Å². The minimum Gasteiger partial charge on any atom is -0.307 e. The maximum atomic E-state index is 11.4. The lowest BCUT2D eigenvalue weighted by atomic mass is 10.4. The summed E-state index contributed by atoms with van der Waals surface area (Å²) < 4.78 is 1.04. The summed E-state index contributed by atoms with van der Waals surface area (Å²) in [5.74, 6) is 0.694. The molecule has 0 radical (unpaired) electrons. The number of rotatable bonds is 3. The first kappa shape index (κ1) is 11.1. The molecule has 0 bridgehead atoms. The predicted molar refractivity (Wildman–Crippen MR) is 63.9 cm³/mol. The van der Waals surface area contributed by atoms with Crippen molar-refractivity contribution < 1.29 is 4.79 Å². The van der Waals surface area contributed by atoms with Crippen LogP contribution in [0.4, 0.5) is 5.00 Å². The standard InChI is InChI=1S/C8H10BrNOS2/c1-10(7(11)4-5-12)8-3-2-6(9)13-8/h2-3,12H,4-5H2,1H3. The quantitative estimate of drug-likeness (QED) is 0.844. The molecule has 0 fully saturated rings. The maximum Gasteiger partial charge on any atom is 0.228 e. The summed E-state index contributed by atoms with van der Waals surface area (Å²) >= 11 is 8.92. The van der Waals surface area contributed by atoms with Crippen molar-refractivity contribution in [3.63, 3.8) is 0 Å². The highest BCUT2D eigenvalue weighted by Crippen LogP contribution is 2.29. The van der Waals surface area contributed by atoms with Gasteiger partial charge in [-0.25, -0.2) is 0 Å². The Labute approximate surface area is 95.5 Å². The molecule has 1 amide bonds. The van der Waals surface area contributed by atoms with Crippen LogP contribution in [0.3, 0.4) is 0 Å². The fourth-order valence-electron chi connectivity index (χ4n) is 0.871. The number of hydrogen-bond acceptors (Lipinski definition) is 3. The van der Waals surface area contributed by atoms with E-state index < -0.39 is 0 Å². The van der Waals surface area contributed by atoms with Gasteiger partial charge in [-0.1, -0.05) is 0 Å². The molecule has 0 saturated carbocycles. The number of thiophene rings is 1. The van der Waals surface area contributed by atoms with Crippen LogP contribution in [0.5, 0.6) is 0 Å². The third kappa shape index (κ3) is 3.00. The van der Waals surface area contributed by atoms with Crippen LogP contribution in [0, 0.1) is 0 Å². The third-order valence-corrected chi connectivity index (χ3v) is 3.51. The molecule has 1 rings (SSSR count). The molecule has 2 nitrogen and oxygen atoms in total. The fourth-order valence-corrected chi connectivity index (χ4v) is 2.40. The van der Waals surface area contributed by atoms with Gasteiger partial charge in [-0.15, -0.1) is 11.3 Å². The summed E-state index contributed by atoms with van der Waals surface area (Å²) in [4.78, 5) is 13.1. The molecule has 0 unspecified atom stereocenters. The van der Waals surface area contributed by atoms with E-state index in [1.165, 1.54) is 0 Å². The zero-order valence-electron chi connectivity index (χ0n) is 7.16. The number of nitrogens with zero attached hydrogens (tertiary/aromatic N) is 1. The number of carbonyl (C=O) groups is 1. The van der Waals surface area contributed by atoms with Crippen molar-refractivity contribution in [1.82, 2.24) is 0 Å². The van der Waals surface area contributed by atoms with Gasteiger partial charge >= 0.3 is 0 Å². The molecule has 1 heterocycles. The number of thiol groups is 1. The fraction of sp³-hybridized carbons (Fsp3) is 0.375. The van der Waals surface area contributed by atoms with Crippen LogP contribution in [0.2, 0.25) is 0 Å². The smallest absolute Gasteiger partial charge is 0.228 e. The highest BCUT2D eigenvalue weighted by Gasteiger charge is 2.11. The van der Waals surface area contributed by atoms with Crippen LogP contribution >= 0.6 is 39.9 Å². The maximum absolute atomic E-state index is 11.4. The van der Waals surface area contributed by atoms with E-state index in [2.05, 4.69) is 28.6 Å². The molecule has 0 aliphatic heterocycles. The predicted octanol–water partition coefficient (Wildman–Crippen LogP) is 2.79. The molecule has 0 saturated heterocycles. The molecule has 0 aromatic carbocycles. The van der Waals surface area contributed by atoms with Gasteiger partial charge in [0.05, 0.1) is 8.79 Å². The van der Waals surface area contributed by atoms with E-state index >= 15 is 0 Å². The highest BCUT2D eigenvalue weighted by molar-refractivity contribution is 9.11. The number of hydrogen-bond donors (Lipinski definition) is 1. The largest absolute Gasteiger partial charge is 0.307 e. The van der Waals surface area contributed by atoms with Crippen LogP contribution in [-0.4, -0.2) is 18.7 Å². The molecule has 5 heteroatoms. The highest BCUT2D eigenvalue weighted by atomic mass is 79.9. The number of carbonyl (C=O) groups excluding carboxylic acids is 1. The minimum atomic E-state index is 0.101. The Morgan fingerprint density at radius 1 is 1.69 bits per heavy atom. The number of halogens is 1. The van der Waals surface area contributed by atoms with Crippen LogP contribution < -0.4 is 4.90 Å². The topological polar surface area (TPSA) is 20.3 Å². The SMILES string of the molecule is CN(C(=O)CCS)c1ccc(Br)s1. The van der Waals surface area contributed by atoms with Crippen molar-refractivity contribution in [2.75, 3.05) is 17.7 Å². The van der Waals surface area contributed by atoms with Crippen LogP contribution in [0.15, 0.2) is 15.9 Å². The monoisotopic (exact) mass is 279 g/mol. The molecule has 0 N–H and O–H groups in total. The molecule has 72 valence electrons. The van der Waals surface area contributed by atoms with E-state index in [4.69, 9.17) is 0 Å². The Hall–Kier alpha value is -0.0000000000000000833. The van der Waals surface area contributed by atoms with Crippen molar-refractivity contribution in [3.8, 4) is 0 Å². The summed E-state index contributed by atoms with van der Waals surface area (Å²) in [6.07, 6.45) is 0.481. The van der Waals surface area contributed by atoms with Gasteiger partial charge in [0.15, 0.2) is 0 Å². The normalized spacial score (nSPS) is 10.1. The van der Waals surface area contributed by atoms with Crippen LogP contribution in [0.1, 0.15) is 6.42 Å². The Morgan fingerprint density at radius 3 is 2.85 bits per heavy atom. The van der Waals surface area contributed by atoms with Crippen molar-refractivity contribution in [2.45, 2.75) is 6.42 Å². The molecule has 0 aliphatic rings. The lowest BCUT2D eigenvalue weighted by Gasteiger charge is -2.13. The molecule has 0 atom stereocenters. The zero-order valence-corrected chi connectivity index (χ0v) is 10.5. The molecule has 1 aromatic rings. The molecule has 0 aliphatic carbocycles. The number of amides is 1. The summed E-state index contributed by atoms with van der Waals surface area (Å²) in [6.45, 7) is 0. The second-order valence-corrected chi connectivity index (χ2v) is 5.39. The molecule has 13 heavy (non-hydrogen) atoms. The molecule has 1 aromatic heterocycles. The Balaban J connectivity index is 2.67. The van der Waals surface area contributed by atoms with Gasteiger partial charge in [-0.2, -0.15) is 12.6 Å². The molecular formula is C8H10BrNOS2. The van der Waals surface area contributed by atoms with E-state index in [-0.39, 0.29) is 5.91 Å². The third-order valence-electron chi connectivity index (χ3n) is 1.59. The van der Waals surface area contributed by atoms with Gasteiger partial charge in [-0.3, -0.25) is 4.79 Å². The number of anilines is 1.